The van der Waals surface area contributed by atoms with Crippen molar-refractivity contribution in [2.45, 2.75) is 19.8 Å². The summed E-state index contributed by atoms with van der Waals surface area (Å²) in [6.45, 7) is 5.87. The number of fused-ring (bicyclic) bond motifs is 1. The number of nitrogens with zero attached hydrogens (tertiary/aromatic N) is 4. The fourth-order valence-corrected chi connectivity index (χ4v) is 3.77. The van der Waals surface area contributed by atoms with Gasteiger partial charge in [0.05, 0.1) is 11.9 Å². The van der Waals surface area contributed by atoms with E-state index in [0.29, 0.717) is 17.5 Å². The Morgan fingerprint density at radius 2 is 1.76 bits per heavy atom. The van der Waals surface area contributed by atoms with E-state index in [4.69, 9.17) is 0 Å². The van der Waals surface area contributed by atoms with Gasteiger partial charge in [-0.1, -0.05) is 22.9 Å². The van der Waals surface area contributed by atoms with E-state index in [1.807, 2.05) is 36.1 Å². The first kappa shape index (κ1) is 17.9. The summed E-state index contributed by atoms with van der Waals surface area (Å²) in [6, 6.07) is 8.02. The van der Waals surface area contributed by atoms with Crippen LogP contribution >= 0.6 is 12.4 Å². The topological polar surface area (TPSA) is 63.1 Å². The summed E-state index contributed by atoms with van der Waals surface area (Å²) in [5, 5.41) is 11.7. The second kappa shape index (κ2) is 7.54. The van der Waals surface area contributed by atoms with Crippen LogP contribution in [0.3, 0.4) is 0 Å². The molecule has 25 heavy (non-hydrogen) atoms. The van der Waals surface area contributed by atoms with E-state index in [1.54, 1.807) is 10.9 Å². The molecular weight excluding hydrogens is 338 g/mol. The van der Waals surface area contributed by atoms with Crippen LogP contribution in [-0.4, -0.2) is 52.0 Å². The Bertz CT molecular complexity index is 715. The highest BCUT2D eigenvalue weighted by molar-refractivity contribution is 5.92. The molecule has 2 aliphatic heterocycles. The minimum absolute atomic E-state index is 0. The zero-order valence-corrected chi connectivity index (χ0v) is 15.2. The van der Waals surface area contributed by atoms with Gasteiger partial charge in [-0.15, -0.1) is 17.5 Å². The summed E-state index contributed by atoms with van der Waals surface area (Å²) in [4.78, 5) is 14.7. The molecule has 2 aliphatic rings. The molecule has 0 bridgehead atoms. The molecule has 7 heteroatoms. The van der Waals surface area contributed by atoms with E-state index in [9.17, 15) is 4.79 Å². The Hall–Kier alpha value is -1.92. The van der Waals surface area contributed by atoms with E-state index in [-0.39, 0.29) is 18.3 Å². The van der Waals surface area contributed by atoms with Crippen LogP contribution in [0.15, 0.2) is 30.5 Å². The maximum Gasteiger partial charge on any atom is 0.276 e. The molecule has 0 spiro atoms. The van der Waals surface area contributed by atoms with Crippen LogP contribution in [0.5, 0.6) is 0 Å². The number of amides is 1. The monoisotopic (exact) mass is 361 g/mol. The lowest BCUT2D eigenvalue weighted by atomic mass is 9.92. The van der Waals surface area contributed by atoms with Crippen molar-refractivity contribution in [3.63, 3.8) is 0 Å². The van der Waals surface area contributed by atoms with Gasteiger partial charge in [-0.2, -0.15) is 0 Å². The number of carbonyl (C=O) groups excluding carboxylic acids is 1. The van der Waals surface area contributed by atoms with Gasteiger partial charge < -0.3 is 10.2 Å². The van der Waals surface area contributed by atoms with Gasteiger partial charge in [0.15, 0.2) is 5.69 Å². The van der Waals surface area contributed by atoms with Gasteiger partial charge in [0.1, 0.15) is 0 Å². The van der Waals surface area contributed by atoms with E-state index >= 15 is 0 Å². The number of benzene rings is 1. The van der Waals surface area contributed by atoms with Crippen molar-refractivity contribution >= 4 is 18.3 Å². The molecule has 2 aromatic rings. The first-order valence-electron chi connectivity index (χ1n) is 8.70. The molecular formula is C18H24ClN5O. The summed E-state index contributed by atoms with van der Waals surface area (Å²) in [6.07, 6.45) is 3.89. The van der Waals surface area contributed by atoms with E-state index in [0.717, 1.165) is 44.7 Å². The lowest BCUT2D eigenvalue weighted by molar-refractivity contribution is 0.0752. The maximum absolute atomic E-state index is 12.8. The predicted octanol–water partition coefficient (Wildman–Crippen LogP) is 2.07. The molecule has 134 valence electrons. The van der Waals surface area contributed by atoms with Gasteiger partial charge in [-0.25, -0.2) is 4.68 Å². The fourth-order valence-electron chi connectivity index (χ4n) is 3.77. The zero-order chi connectivity index (χ0) is 16.5. The van der Waals surface area contributed by atoms with Gasteiger partial charge in [-0.3, -0.25) is 4.79 Å². The Morgan fingerprint density at radius 3 is 2.40 bits per heavy atom. The Balaban J connectivity index is 0.00000182. The number of likely N-dealkylation sites (tertiary alicyclic amines) is 1. The van der Waals surface area contributed by atoms with Gasteiger partial charge in [0.2, 0.25) is 0 Å². The van der Waals surface area contributed by atoms with Gasteiger partial charge in [0, 0.05) is 13.1 Å². The molecule has 3 heterocycles. The van der Waals surface area contributed by atoms with Crippen LogP contribution in [0.1, 0.15) is 28.9 Å². The minimum Gasteiger partial charge on any atom is -0.337 e. The summed E-state index contributed by atoms with van der Waals surface area (Å²) in [5.74, 6) is 1.43. The fraction of sp³-hybridized carbons (Fsp3) is 0.500. The number of aromatic nitrogens is 3. The number of hydrogen-bond acceptors (Lipinski definition) is 4. The quantitative estimate of drug-likeness (QED) is 0.889. The zero-order valence-electron chi connectivity index (χ0n) is 14.4. The predicted molar refractivity (Wildman–Crippen MR) is 98.3 cm³/mol. The second-order valence-corrected chi connectivity index (χ2v) is 6.93. The summed E-state index contributed by atoms with van der Waals surface area (Å²) < 4.78 is 1.67. The lowest BCUT2D eigenvalue weighted by Gasteiger charge is -2.19. The number of halogens is 1. The molecule has 6 nitrogen and oxygen atoms in total. The third-order valence-corrected chi connectivity index (χ3v) is 5.32. The molecule has 0 radical (unpaired) electrons. The molecule has 0 aliphatic carbocycles. The van der Waals surface area contributed by atoms with Crippen molar-refractivity contribution in [1.82, 2.24) is 25.2 Å². The average Bonchev–Trinajstić information content (AvgIpc) is 3.21. The molecule has 2 fully saturated rings. The molecule has 0 saturated carbocycles. The highest BCUT2D eigenvalue weighted by Gasteiger charge is 2.32. The molecule has 2 atom stereocenters. The lowest BCUT2D eigenvalue weighted by Crippen LogP contribution is -2.33. The largest absolute Gasteiger partial charge is 0.337 e. The Kier molecular flexibility index (Phi) is 5.39. The van der Waals surface area contributed by atoms with Crippen molar-refractivity contribution in [3.8, 4) is 5.69 Å². The van der Waals surface area contributed by atoms with E-state index < -0.39 is 0 Å². The summed E-state index contributed by atoms with van der Waals surface area (Å²) in [5.41, 5.74) is 2.55. The van der Waals surface area contributed by atoms with Crippen LogP contribution in [0.25, 0.3) is 5.69 Å². The molecule has 1 amide bonds. The minimum atomic E-state index is 0. The molecule has 2 saturated heterocycles. The first-order valence-corrected chi connectivity index (χ1v) is 8.70. The number of carbonyl (C=O) groups is 1. The third-order valence-electron chi connectivity index (χ3n) is 5.32. The van der Waals surface area contributed by atoms with Crippen LogP contribution in [-0.2, 0) is 0 Å². The first-order chi connectivity index (χ1) is 11.7. The van der Waals surface area contributed by atoms with Crippen LogP contribution in [0.4, 0.5) is 0 Å². The smallest absolute Gasteiger partial charge is 0.276 e. The van der Waals surface area contributed by atoms with Crippen molar-refractivity contribution in [1.29, 1.82) is 0 Å². The van der Waals surface area contributed by atoms with Crippen LogP contribution < -0.4 is 5.32 Å². The van der Waals surface area contributed by atoms with E-state index in [1.165, 1.54) is 5.56 Å². The second-order valence-electron chi connectivity index (χ2n) is 6.93. The van der Waals surface area contributed by atoms with Gasteiger partial charge in [0.25, 0.3) is 5.91 Å². The number of hydrogen-bond donors (Lipinski definition) is 1. The molecule has 1 N–H and O–H groups in total. The highest BCUT2D eigenvalue weighted by Crippen LogP contribution is 2.27. The Labute approximate surface area is 154 Å². The van der Waals surface area contributed by atoms with Gasteiger partial charge in [-0.05, 0) is 56.8 Å². The maximum atomic E-state index is 12.8. The van der Waals surface area contributed by atoms with Gasteiger partial charge >= 0.3 is 0 Å². The number of aryl methyl sites for hydroxylation is 1. The normalized spacial score (nSPS) is 22.8. The SMILES string of the molecule is Cc1ccc(-n2cc(C(=O)N3CC[C@@H]4CNC[C@@H]4CC3)nn2)cc1.Cl. The average molecular weight is 362 g/mol. The molecule has 4 rings (SSSR count). The summed E-state index contributed by atoms with van der Waals surface area (Å²) in [7, 11) is 0. The van der Waals surface area contributed by atoms with Crippen molar-refractivity contribution in [2.24, 2.45) is 11.8 Å². The standard InChI is InChI=1S/C18H23N5O.ClH/c1-13-2-4-16(5-3-13)23-12-17(20-21-23)18(24)22-8-6-14-10-19-11-15(14)7-9-22;/h2-5,12,14-15,19H,6-11H2,1H3;1H/t14-,15+;. The third kappa shape index (κ3) is 3.70. The molecule has 1 aromatic carbocycles. The van der Waals surface area contributed by atoms with Crippen molar-refractivity contribution < 1.29 is 4.79 Å². The molecule has 1 aromatic heterocycles. The number of nitrogens with one attached hydrogen (secondary N) is 1. The highest BCUT2D eigenvalue weighted by atomic mass is 35.5. The number of rotatable bonds is 2. The summed E-state index contributed by atoms with van der Waals surface area (Å²) >= 11 is 0. The van der Waals surface area contributed by atoms with E-state index in [2.05, 4.69) is 15.6 Å². The Morgan fingerprint density at radius 1 is 1.12 bits per heavy atom. The van der Waals surface area contributed by atoms with Crippen LogP contribution in [0, 0.1) is 18.8 Å². The molecule has 0 unspecified atom stereocenters. The van der Waals surface area contributed by atoms with Crippen molar-refractivity contribution in [2.75, 3.05) is 26.2 Å². The van der Waals surface area contributed by atoms with Crippen LogP contribution in [0.2, 0.25) is 0 Å². The van der Waals surface area contributed by atoms with Crippen molar-refractivity contribution in [3.05, 3.63) is 41.7 Å².